The molecule has 0 radical (unpaired) electrons. The first kappa shape index (κ1) is 16.7. The summed E-state index contributed by atoms with van der Waals surface area (Å²) in [6.07, 6.45) is 2.64. The second-order valence-electron chi connectivity index (χ2n) is 5.36. The van der Waals surface area contributed by atoms with Crippen molar-refractivity contribution in [3.63, 3.8) is 0 Å². The molecule has 0 spiro atoms. The molecule has 3 rings (SSSR count). The summed E-state index contributed by atoms with van der Waals surface area (Å²) in [5.41, 5.74) is 2.53. The fourth-order valence-corrected chi connectivity index (χ4v) is 2.94. The zero-order valence-electron chi connectivity index (χ0n) is 13.0. The van der Waals surface area contributed by atoms with Gasteiger partial charge in [0, 0.05) is 28.7 Å². The van der Waals surface area contributed by atoms with Gasteiger partial charge in [-0.05, 0) is 48.4 Å². The van der Waals surface area contributed by atoms with Gasteiger partial charge < -0.3 is 15.0 Å². The van der Waals surface area contributed by atoms with E-state index in [1.54, 1.807) is 25.3 Å². The first-order chi connectivity index (χ1) is 11.6. The Morgan fingerprint density at radius 1 is 1.21 bits per heavy atom. The second kappa shape index (κ2) is 7.16. The van der Waals surface area contributed by atoms with Crippen LogP contribution in [0.15, 0.2) is 42.6 Å². The van der Waals surface area contributed by atoms with Crippen molar-refractivity contribution in [2.24, 2.45) is 0 Å². The lowest BCUT2D eigenvalue weighted by atomic mass is 10.1. The number of methoxy groups -OCH3 is 1. The highest BCUT2D eigenvalue weighted by molar-refractivity contribution is 6.35. The van der Waals surface area contributed by atoms with Gasteiger partial charge in [-0.3, -0.25) is 4.79 Å². The van der Waals surface area contributed by atoms with Crippen LogP contribution in [0.4, 0.5) is 0 Å². The number of aromatic nitrogens is 1. The van der Waals surface area contributed by atoms with E-state index in [4.69, 9.17) is 27.9 Å². The van der Waals surface area contributed by atoms with Crippen LogP contribution in [0, 0.1) is 0 Å². The van der Waals surface area contributed by atoms with Crippen molar-refractivity contribution in [1.29, 1.82) is 0 Å². The zero-order chi connectivity index (χ0) is 17.1. The molecular weight excluding hydrogens is 347 g/mol. The van der Waals surface area contributed by atoms with Gasteiger partial charge in [0.1, 0.15) is 5.75 Å². The van der Waals surface area contributed by atoms with Crippen LogP contribution in [-0.2, 0) is 6.42 Å². The number of aromatic amines is 1. The van der Waals surface area contributed by atoms with Crippen molar-refractivity contribution in [3.05, 3.63) is 63.8 Å². The summed E-state index contributed by atoms with van der Waals surface area (Å²) < 4.78 is 5.26. The van der Waals surface area contributed by atoms with Crippen LogP contribution in [0.25, 0.3) is 10.9 Å². The third-order valence-electron chi connectivity index (χ3n) is 3.83. The predicted octanol–water partition coefficient (Wildman–Crippen LogP) is 4.46. The fraction of sp³-hybridized carbons (Fsp3) is 0.167. The lowest BCUT2D eigenvalue weighted by Crippen LogP contribution is -2.25. The average Bonchev–Trinajstić information content (AvgIpc) is 2.99. The number of carbonyl (C=O) groups excluding carboxylic acids is 1. The molecule has 1 amide bonds. The summed E-state index contributed by atoms with van der Waals surface area (Å²) in [6, 6.07) is 10.7. The molecule has 6 heteroatoms. The van der Waals surface area contributed by atoms with E-state index in [2.05, 4.69) is 10.3 Å². The SMILES string of the molecule is COc1ccc2[nH]cc(CCNC(=O)c3cc(Cl)ccc3Cl)c2c1. The average molecular weight is 363 g/mol. The lowest BCUT2D eigenvalue weighted by Gasteiger charge is -2.07. The highest BCUT2D eigenvalue weighted by Gasteiger charge is 2.11. The summed E-state index contributed by atoms with van der Waals surface area (Å²) in [7, 11) is 1.64. The Hall–Kier alpha value is -2.17. The molecule has 124 valence electrons. The summed E-state index contributed by atoms with van der Waals surface area (Å²) in [5.74, 6) is 0.568. The van der Waals surface area contributed by atoms with Gasteiger partial charge >= 0.3 is 0 Å². The van der Waals surface area contributed by atoms with Crippen molar-refractivity contribution in [2.45, 2.75) is 6.42 Å². The molecule has 4 nitrogen and oxygen atoms in total. The zero-order valence-corrected chi connectivity index (χ0v) is 14.5. The Morgan fingerprint density at radius 3 is 2.83 bits per heavy atom. The molecule has 2 N–H and O–H groups in total. The largest absolute Gasteiger partial charge is 0.497 e. The van der Waals surface area contributed by atoms with E-state index < -0.39 is 0 Å². The number of hydrogen-bond acceptors (Lipinski definition) is 2. The van der Waals surface area contributed by atoms with Gasteiger partial charge in [-0.25, -0.2) is 0 Å². The molecular formula is C18H16Cl2N2O2. The number of fused-ring (bicyclic) bond motifs is 1. The van der Waals surface area contributed by atoms with Crippen molar-refractivity contribution >= 4 is 40.0 Å². The van der Waals surface area contributed by atoms with E-state index in [1.807, 2.05) is 24.4 Å². The molecule has 2 aromatic carbocycles. The third kappa shape index (κ3) is 3.50. The van der Waals surface area contributed by atoms with E-state index in [9.17, 15) is 4.79 Å². The highest BCUT2D eigenvalue weighted by Crippen LogP contribution is 2.24. The molecule has 1 aromatic heterocycles. The Kier molecular flexibility index (Phi) is 4.97. The molecule has 0 unspecified atom stereocenters. The number of nitrogens with one attached hydrogen (secondary N) is 2. The van der Waals surface area contributed by atoms with Gasteiger partial charge in [0.2, 0.25) is 0 Å². The van der Waals surface area contributed by atoms with Gasteiger partial charge in [-0.1, -0.05) is 23.2 Å². The van der Waals surface area contributed by atoms with Gasteiger partial charge in [0.15, 0.2) is 0 Å². The number of rotatable bonds is 5. The number of hydrogen-bond donors (Lipinski definition) is 2. The first-order valence-electron chi connectivity index (χ1n) is 7.45. The van der Waals surface area contributed by atoms with Crippen LogP contribution < -0.4 is 10.1 Å². The minimum atomic E-state index is -0.236. The number of ether oxygens (including phenoxy) is 1. The Balaban J connectivity index is 1.68. The maximum Gasteiger partial charge on any atom is 0.252 e. The van der Waals surface area contributed by atoms with Crippen LogP contribution in [0.2, 0.25) is 10.0 Å². The molecule has 0 aliphatic heterocycles. The molecule has 0 fully saturated rings. The van der Waals surface area contributed by atoms with E-state index in [-0.39, 0.29) is 5.91 Å². The molecule has 0 bridgehead atoms. The molecule has 0 aliphatic carbocycles. The summed E-state index contributed by atoms with van der Waals surface area (Å²) in [5, 5.41) is 4.82. The molecule has 0 saturated carbocycles. The highest BCUT2D eigenvalue weighted by atomic mass is 35.5. The monoisotopic (exact) mass is 362 g/mol. The minimum absolute atomic E-state index is 0.236. The molecule has 0 saturated heterocycles. The number of benzene rings is 2. The standard InChI is InChI=1S/C18H16Cl2N2O2/c1-24-13-3-5-17-14(9-13)11(10-22-17)6-7-21-18(23)15-8-12(19)2-4-16(15)20/h2-5,8-10,22H,6-7H2,1H3,(H,21,23). The van der Waals surface area contributed by atoms with E-state index >= 15 is 0 Å². The maximum absolute atomic E-state index is 12.2. The lowest BCUT2D eigenvalue weighted by molar-refractivity contribution is 0.0954. The van der Waals surface area contributed by atoms with Crippen molar-refractivity contribution in [1.82, 2.24) is 10.3 Å². The van der Waals surface area contributed by atoms with Crippen LogP contribution in [0.5, 0.6) is 5.75 Å². The van der Waals surface area contributed by atoms with Gasteiger partial charge in [0.05, 0.1) is 17.7 Å². The second-order valence-corrected chi connectivity index (χ2v) is 6.20. The van der Waals surface area contributed by atoms with Crippen molar-refractivity contribution < 1.29 is 9.53 Å². The van der Waals surface area contributed by atoms with Crippen LogP contribution in [0.1, 0.15) is 15.9 Å². The summed E-state index contributed by atoms with van der Waals surface area (Å²) in [4.78, 5) is 15.4. The minimum Gasteiger partial charge on any atom is -0.497 e. The topological polar surface area (TPSA) is 54.1 Å². The van der Waals surface area contributed by atoms with Gasteiger partial charge in [0.25, 0.3) is 5.91 Å². The van der Waals surface area contributed by atoms with Crippen molar-refractivity contribution in [3.8, 4) is 5.75 Å². The quantitative estimate of drug-likeness (QED) is 0.703. The van der Waals surface area contributed by atoms with Crippen molar-refractivity contribution in [2.75, 3.05) is 13.7 Å². The molecule has 3 aromatic rings. The molecule has 0 atom stereocenters. The molecule has 1 heterocycles. The van der Waals surface area contributed by atoms with E-state index in [0.29, 0.717) is 28.6 Å². The van der Waals surface area contributed by atoms with Crippen LogP contribution in [-0.4, -0.2) is 24.5 Å². The first-order valence-corrected chi connectivity index (χ1v) is 8.21. The Labute approximate surface area is 149 Å². The Morgan fingerprint density at radius 2 is 2.04 bits per heavy atom. The normalized spacial score (nSPS) is 10.8. The summed E-state index contributed by atoms with van der Waals surface area (Å²) >= 11 is 12.0. The maximum atomic E-state index is 12.2. The predicted molar refractivity (Wildman–Crippen MR) is 97.3 cm³/mol. The van der Waals surface area contributed by atoms with Gasteiger partial charge in [-0.15, -0.1) is 0 Å². The van der Waals surface area contributed by atoms with Crippen LogP contribution in [0.3, 0.4) is 0 Å². The Bertz CT molecular complexity index is 890. The smallest absolute Gasteiger partial charge is 0.252 e. The fourth-order valence-electron chi connectivity index (χ4n) is 2.57. The molecule has 24 heavy (non-hydrogen) atoms. The van der Waals surface area contributed by atoms with Gasteiger partial charge in [-0.2, -0.15) is 0 Å². The third-order valence-corrected chi connectivity index (χ3v) is 4.39. The number of H-pyrrole nitrogens is 1. The number of amides is 1. The van der Waals surface area contributed by atoms with E-state index in [1.165, 1.54) is 0 Å². The van der Waals surface area contributed by atoms with E-state index in [0.717, 1.165) is 22.2 Å². The number of halogens is 2. The van der Waals surface area contributed by atoms with Crippen LogP contribution >= 0.6 is 23.2 Å². The molecule has 0 aliphatic rings. The number of carbonyl (C=O) groups is 1. The summed E-state index contributed by atoms with van der Waals surface area (Å²) in [6.45, 7) is 0.492.